The average molecular weight is 237 g/mol. The number of anilines is 1. The first-order chi connectivity index (χ1) is 8.19. The predicted octanol–water partition coefficient (Wildman–Crippen LogP) is 0.303. The lowest BCUT2D eigenvalue weighted by molar-refractivity contribution is -0.116. The predicted molar refractivity (Wildman–Crippen MR) is 62.0 cm³/mol. The molecule has 1 aliphatic heterocycles. The van der Waals surface area contributed by atoms with Crippen LogP contribution >= 0.6 is 0 Å². The summed E-state index contributed by atoms with van der Waals surface area (Å²) in [7, 11) is 0. The van der Waals surface area contributed by atoms with Crippen molar-refractivity contribution < 1.29 is 19.7 Å². The van der Waals surface area contributed by atoms with E-state index in [2.05, 4.69) is 5.32 Å². The Morgan fingerprint density at radius 2 is 2.24 bits per heavy atom. The van der Waals surface area contributed by atoms with E-state index in [0.29, 0.717) is 18.6 Å². The number of aryl methyl sites for hydroxylation is 1. The number of benzene rings is 1. The first-order valence-electron chi connectivity index (χ1n) is 5.53. The van der Waals surface area contributed by atoms with Crippen LogP contribution in [0.15, 0.2) is 18.2 Å². The normalized spacial score (nSPS) is 16.0. The smallest absolute Gasteiger partial charge is 0.224 e. The highest BCUT2D eigenvalue weighted by molar-refractivity contribution is 5.93. The lowest BCUT2D eigenvalue weighted by atomic mass is 10.0. The van der Waals surface area contributed by atoms with Gasteiger partial charge in [-0.25, -0.2) is 0 Å². The number of rotatable bonds is 4. The Bertz CT molecular complexity index is 419. The van der Waals surface area contributed by atoms with Gasteiger partial charge in [0.1, 0.15) is 18.5 Å². The molecule has 17 heavy (non-hydrogen) atoms. The summed E-state index contributed by atoms with van der Waals surface area (Å²) in [4.78, 5) is 11.2. The van der Waals surface area contributed by atoms with Gasteiger partial charge in [-0.2, -0.15) is 0 Å². The Hall–Kier alpha value is -1.59. The third kappa shape index (κ3) is 2.95. The largest absolute Gasteiger partial charge is 0.491 e. The fraction of sp³-hybridized carbons (Fsp3) is 0.417. The quantitative estimate of drug-likeness (QED) is 0.704. The molecule has 0 saturated carbocycles. The minimum Gasteiger partial charge on any atom is -0.491 e. The second kappa shape index (κ2) is 5.16. The van der Waals surface area contributed by atoms with Gasteiger partial charge in [-0.05, 0) is 30.2 Å². The molecule has 1 unspecified atom stereocenters. The molecular formula is C12H15NO4. The van der Waals surface area contributed by atoms with Crippen LogP contribution in [0.25, 0.3) is 0 Å². The van der Waals surface area contributed by atoms with Crippen LogP contribution in [0.2, 0.25) is 0 Å². The molecule has 0 saturated heterocycles. The van der Waals surface area contributed by atoms with Crippen molar-refractivity contribution in [1.82, 2.24) is 0 Å². The maximum absolute atomic E-state index is 11.2. The standard InChI is InChI=1S/C12H15NO4/c14-6-9(15)7-17-10-2-3-11-8(5-10)1-4-12(16)13-11/h2-3,5,9,14-15H,1,4,6-7H2,(H,13,16). The molecule has 1 aliphatic rings. The van der Waals surface area contributed by atoms with Gasteiger partial charge in [-0.3, -0.25) is 4.79 Å². The van der Waals surface area contributed by atoms with Gasteiger partial charge in [-0.15, -0.1) is 0 Å². The first kappa shape index (κ1) is 11.9. The van der Waals surface area contributed by atoms with E-state index >= 15 is 0 Å². The fourth-order valence-electron chi connectivity index (χ4n) is 1.69. The Kier molecular flexibility index (Phi) is 3.61. The van der Waals surface area contributed by atoms with E-state index in [4.69, 9.17) is 14.9 Å². The van der Waals surface area contributed by atoms with Crippen molar-refractivity contribution in [3.05, 3.63) is 23.8 Å². The number of carbonyl (C=O) groups excluding carboxylic acids is 1. The van der Waals surface area contributed by atoms with E-state index in [1.54, 1.807) is 12.1 Å². The number of carbonyl (C=O) groups is 1. The molecule has 1 atom stereocenters. The van der Waals surface area contributed by atoms with Gasteiger partial charge in [0.05, 0.1) is 6.61 Å². The molecule has 0 radical (unpaired) electrons. The summed E-state index contributed by atoms with van der Waals surface area (Å²) < 4.78 is 5.33. The Morgan fingerprint density at radius 3 is 3.00 bits per heavy atom. The molecule has 0 aromatic heterocycles. The molecule has 0 fully saturated rings. The summed E-state index contributed by atoms with van der Waals surface area (Å²) in [6.45, 7) is -0.261. The van der Waals surface area contributed by atoms with Crippen LogP contribution in [0.1, 0.15) is 12.0 Å². The lowest BCUT2D eigenvalue weighted by Crippen LogP contribution is -2.22. The van der Waals surface area contributed by atoms with Gasteiger partial charge in [0.25, 0.3) is 0 Å². The van der Waals surface area contributed by atoms with Gasteiger partial charge in [0, 0.05) is 12.1 Å². The highest BCUT2D eigenvalue weighted by Gasteiger charge is 2.15. The zero-order chi connectivity index (χ0) is 12.3. The number of hydrogen-bond donors (Lipinski definition) is 3. The van der Waals surface area contributed by atoms with E-state index in [0.717, 1.165) is 11.3 Å². The molecule has 0 aliphatic carbocycles. The SMILES string of the molecule is O=C1CCc2cc(OCC(O)CO)ccc2N1. The third-order valence-corrected chi connectivity index (χ3v) is 2.63. The Labute approximate surface area is 99.0 Å². The van der Waals surface area contributed by atoms with Crippen LogP contribution in [-0.4, -0.2) is 35.4 Å². The van der Waals surface area contributed by atoms with Crippen LogP contribution in [0, 0.1) is 0 Å². The highest BCUT2D eigenvalue weighted by atomic mass is 16.5. The molecule has 3 N–H and O–H groups in total. The monoisotopic (exact) mass is 237 g/mol. The number of amides is 1. The second-order valence-electron chi connectivity index (χ2n) is 4.01. The maximum atomic E-state index is 11.2. The summed E-state index contributed by atoms with van der Waals surface area (Å²) >= 11 is 0. The Morgan fingerprint density at radius 1 is 1.41 bits per heavy atom. The molecule has 1 heterocycles. The molecule has 2 rings (SSSR count). The molecule has 1 aromatic carbocycles. The number of fused-ring (bicyclic) bond motifs is 1. The molecule has 0 bridgehead atoms. The fourth-order valence-corrected chi connectivity index (χ4v) is 1.69. The number of hydrogen-bond acceptors (Lipinski definition) is 4. The summed E-state index contributed by atoms with van der Waals surface area (Å²) in [6.07, 6.45) is 0.308. The van der Waals surface area contributed by atoms with Crippen molar-refractivity contribution in [2.45, 2.75) is 18.9 Å². The minimum absolute atomic E-state index is 0.0295. The van der Waals surface area contributed by atoms with Gasteiger partial charge in [0.15, 0.2) is 0 Å². The van der Waals surface area contributed by atoms with Crippen molar-refractivity contribution >= 4 is 11.6 Å². The minimum atomic E-state index is -0.870. The van der Waals surface area contributed by atoms with Crippen LogP contribution in [-0.2, 0) is 11.2 Å². The van der Waals surface area contributed by atoms with Crippen molar-refractivity contribution in [2.75, 3.05) is 18.5 Å². The zero-order valence-corrected chi connectivity index (χ0v) is 9.35. The molecule has 0 spiro atoms. The average Bonchev–Trinajstić information content (AvgIpc) is 2.35. The molecule has 1 aromatic rings. The molecule has 5 heteroatoms. The number of ether oxygens (including phenoxy) is 1. The van der Waals surface area contributed by atoms with E-state index in [1.165, 1.54) is 0 Å². The Balaban J connectivity index is 2.04. The van der Waals surface area contributed by atoms with E-state index in [9.17, 15) is 4.79 Å². The maximum Gasteiger partial charge on any atom is 0.224 e. The van der Waals surface area contributed by atoms with Crippen molar-refractivity contribution in [2.24, 2.45) is 0 Å². The summed E-state index contributed by atoms with van der Waals surface area (Å²) in [6, 6.07) is 5.36. The van der Waals surface area contributed by atoms with Crippen LogP contribution in [0.5, 0.6) is 5.75 Å². The van der Waals surface area contributed by atoms with Crippen molar-refractivity contribution in [3.63, 3.8) is 0 Å². The lowest BCUT2D eigenvalue weighted by Gasteiger charge is -2.18. The third-order valence-electron chi connectivity index (χ3n) is 2.63. The summed E-state index contributed by atoms with van der Waals surface area (Å²) in [5.41, 5.74) is 1.84. The van der Waals surface area contributed by atoms with Gasteiger partial charge in [-0.1, -0.05) is 0 Å². The van der Waals surface area contributed by atoms with Crippen LogP contribution in [0.4, 0.5) is 5.69 Å². The number of aliphatic hydroxyl groups is 2. The van der Waals surface area contributed by atoms with E-state index in [-0.39, 0.29) is 19.1 Å². The van der Waals surface area contributed by atoms with Crippen LogP contribution < -0.4 is 10.1 Å². The van der Waals surface area contributed by atoms with Crippen molar-refractivity contribution in [3.8, 4) is 5.75 Å². The van der Waals surface area contributed by atoms with E-state index < -0.39 is 6.10 Å². The summed E-state index contributed by atoms with van der Waals surface area (Å²) in [5.74, 6) is 0.661. The molecule has 5 nitrogen and oxygen atoms in total. The first-order valence-corrected chi connectivity index (χ1v) is 5.53. The van der Waals surface area contributed by atoms with Crippen LogP contribution in [0.3, 0.4) is 0 Å². The van der Waals surface area contributed by atoms with Gasteiger partial charge in [0.2, 0.25) is 5.91 Å². The highest BCUT2D eigenvalue weighted by Crippen LogP contribution is 2.26. The number of aliphatic hydroxyl groups excluding tert-OH is 2. The van der Waals surface area contributed by atoms with Crippen molar-refractivity contribution in [1.29, 1.82) is 0 Å². The molecular weight excluding hydrogens is 222 g/mol. The molecule has 1 amide bonds. The van der Waals surface area contributed by atoms with Gasteiger partial charge >= 0.3 is 0 Å². The number of nitrogens with one attached hydrogen (secondary N) is 1. The topological polar surface area (TPSA) is 78.8 Å². The zero-order valence-electron chi connectivity index (χ0n) is 9.35. The summed E-state index contributed by atoms with van der Waals surface area (Å²) in [5, 5.41) is 20.6. The molecule has 92 valence electrons. The van der Waals surface area contributed by atoms with E-state index in [1.807, 2.05) is 6.07 Å². The second-order valence-corrected chi connectivity index (χ2v) is 4.01. The van der Waals surface area contributed by atoms with Gasteiger partial charge < -0.3 is 20.3 Å².